The molecule has 1 saturated carbocycles. The molecule has 2 aliphatic rings. The Morgan fingerprint density at radius 3 is 2.59 bits per heavy atom. The fourth-order valence-electron chi connectivity index (χ4n) is 3.18. The maximum atomic E-state index is 12.3. The number of amides is 1. The van der Waals surface area contributed by atoms with E-state index in [0.717, 1.165) is 19.5 Å². The van der Waals surface area contributed by atoms with Crippen LogP contribution in [0.15, 0.2) is 0 Å². The molecule has 0 aromatic rings. The summed E-state index contributed by atoms with van der Waals surface area (Å²) in [5.74, 6) is 0.298. The molecule has 2 rings (SSSR count). The van der Waals surface area contributed by atoms with Crippen LogP contribution in [0.1, 0.15) is 33.1 Å². The number of nitrogens with zero attached hydrogens (tertiary/aromatic N) is 2. The van der Waals surface area contributed by atoms with E-state index in [1.807, 2.05) is 19.0 Å². The topological polar surface area (TPSA) is 35.6 Å². The van der Waals surface area contributed by atoms with Crippen LogP contribution in [0.5, 0.6) is 0 Å². The SMILES string of the molecule is CNCCC1C(=O)N(C)CC(C)(C)N1C1CC1. The van der Waals surface area contributed by atoms with Crippen LogP contribution in [0.4, 0.5) is 0 Å². The van der Waals surface area contributed by atoms with Crippen LogP contribution in [0.3, 0.4) is 0 Å². The molecular formula is C13H25N3O. The van der Waals surface area contributed by atoms with Crippen molar-refractivity contribution in [1.29, 1.82) is 0 Å². The number of carbonyl (C=O) groups excluding carboxylic acids is 1. The van der Waals surface area contributed by atoms with E-state index in [-0.39, 0.29) is 11.6 Å². The second-order valence-corrected chi connectivity index (χ2v) is 6.05. The van der Waals surface area contributed by atoms with E-state index in [2.05, 4.69) is 24.1 Å². The molecule has 1 aliphatic heterocycles. The lowest BCUT2D eigenvalue weighted by Gasteiger charge is -2.50. The standard InChI is InChI=1S/C13H25N3O/c1-13(2)9-15(4)12(17)11(7-8-14-3)16(13)10-5-6-10/h10-11,14H,5-9H2,1-4H3. The number of nitrogens with one attached hydrogen (secondary N) is 1. The first kappa shape index (κ1) is 12.8. The van der Waals surface area contributed by atoms with Crippen LogP contribution in [0.25, 0.3) is 0 Å². The third kappa shape index (κ3) is 2.47. The molecule has 0 aromatic heterocycles. The fraction of sp³-hybridized carbons (Fsp3) is 0.923. The molecule has 0 bridgehead atoms. The smallest absolute Gasteiger partial charge is 0.239 e. The monoisotopic (exact) mass is 239 g/mol. The molecule has 1 atom stereocenters. The Morgan fingerprint density at radius 1 is 1.41 bits per heavy atom. The second kappa shape index (κ2) is 4.58. The zero-order valence-electron chi connectivity index (χ0n) is 11.5. The lowest BCUT2D eigenvalue weighted by atomic mass is 9.92. The fourth-order valence-corrected chi connectivity index (χ4v) is 3.18. The number of hydrogen-bond donors (Lipinski definition) is 1. The maximum absolute atomic E-state index is 12.3. The van der Waals surface area contributed by atoms with E-state index in [0.29, 0.717) is 11.9 Å². The highest BCUT2D eigenvalue weighted by molar-refractivity contribution is 5.83. The minimum atomic E-state index is 0.0729. The summed E-state index contributed by atoms with van der Waals surface area (Å²) in [6, 6.07) is 0.716. The first-order chi connectivity index (χ1) is 7.97. The first-order valence-electron chi connectivity index (χ1n) is 6.65. The van der Waals surface area contributed by atoms with Gasteiger partial charge in [-0.1, -0.05) is 0 Å². The molecule has 1 unspecified atom stereocenters. The first-order valence-corrected chi connectivity index (χ1v) is 6.65. The Morgan fingerprint density at radius 2 is 2.06 bits per heavy atom. The number of carbonyl (C=O) groups is 1. The van der Waals surface area contributed by atoms with Crippen LogP contribution in [0, 0.1) is 0 Å². The summed E-state index contributed by atoms with van der Waals surface area (Å²) < 4.78 is 0. The zero-order chi connectivity index (χ0) is 12.6. The van der Waals surface area contributed by atoms with Gasteiger partial charge >= 0.3 is 0 Å². The highest BCUT2D eigenvalue weighted by atomic mass is 16.2. The average molecular weight is 239 g/mol. The van der Waals surface area contributed by atoms with Crippen molar-refractivity contribution in [2.24, 2.45) is 0 Å². The third-order valence-electron chi connectivity index (χ3n) is 3.93. The van der Waals surface area contributed by atoms with E-state index in [9.17, 15) is 4.79 Å². The largest absolute Gasteiger partial charge is 0.343 e. The second-order valence-electron chi connectivity index (χ2n) is 6.05. The van der Waals surface area contributed by atoms with Crippen molar-refractivity contribution in [1.82, 2.24) is 15.1 Å². The molecular weight excluding hydrogens is 214 g/mol. The van der Waals surface area contributed by atoms with Crippen molar-refractivity contribution in [3.8, 4) is 0 Å². The van der Waals surface area contributed by atoms with Gasteiger partial charge in [-0.3, -0.25) is 9.69 Å². The molecule has 0 spiro atoms. The van der Waals surface area contributed by atoms with Crippen molar-refractivity contribution < 1.29 is 4.79 Å². The van der Waals surface area contributed by atoms with Gasteiger partial charge in [0.25, 0.3) is 0 Å². The summed E-state index contributed by atoms with van der Waals surface area (Å²) >= 11 is 0. The molecule has 2 fully saturated rings. The number of hydrogen-bond acceptors (Lipinski definition) is 3. The molecule has 1 saturated heterocycles. The Hall–Kier alpha value is -0.610. The normalized spacial score (nSPS) is 29.8. The zero-order valence-corrected chi connectivity index (χ0v) is 11.5. The van der Waals surface area contributed by atoms with Crippen molar-refractivity contribution in [3.05, 3.63) is 0 Å². The van der Waals surface area contributed by atoms with Gasteiger partial charge in [-0.05, 0) is 46.7 Å². The van der Waals surface area contributed by atoms with Gasteiger partial charge in [0, 0.05) is 25.2 Å². The van der Waals surface area contributed by atoms with Gasteiger partial charge in [0.05, 0.1) is 6.04 Å². The molecule has 4 nitrogen and oxygen atoms in total. The highest BCUT2D eigenvalue weighted by Gasteiger charge is 2.49. The van der Waals surface area contributed by atoms with Gasteiger partial charge in [-0.15, -0.1) is 0 Å². The van der Waals surface area contributed by atoms with E-state index in [1.54, 1.807) is 0 Å². The van der Waals surface area contributed by atoms with Crippen LogP contribution in [-0.2, 0) is 4.79 Å². The lowest BCUT2D eigenvalue weighted by Crippen LogP contribution is -2.66. The van der Waals surface area contributed by atoms with Crippen LogP contribution < -0.4 is 5.32 Å². The average Bonchev–Trinajstić information content (AvgIpc) is 3.04. The van der Waals surface area contributed by atoms with Gasteiger partial charge in [-0.2, -0.15) is 0 Å². The predicted octanol–water partition coefficient (Wildman–Crippen LogP) is 0.680. The molecule has 1 heterocycles. The van der Waals surface area contributed by atoms with Gasteiger partial charge < -0.3 is 10.2 Å². The van der Waals surface area contributed by atoms with Crippen LogP contribution in [0.2, 0.25) is 0 Å². The lowest BCUT2D eigenvalue weighted by molar-refractivity contribution is -0.149. The van der Waals surface area contributed by atoms with E-state index in [4.69, 9.17) is 0 Å². The molecule has 98 valence electrons. The summed E-state index contributed by atoms with van der Waals surface area (Å²) in [6.07, 6.45) is 3.44. The van der Waals surface area contributed by atoms with Crippen molar-refractivity contribution in [2.75, 3.05) is 27.2 Å². The summed E-state index contributed by atoms with van der Waals surface area (Å²) in [4.78, 5) is 16.7. The van der Waals surface area contributed by atoms with E-state index in [1.165, 1.54) is 12.8 Å². The molecule has 17 heavy (non-hydrogen) atoms. The highest BCUT2D eigenvalue weighted by Crippen LogP contribution is 2.38. The van der Waals surface area contributed by atoms with Crippen molar-refractivity contribution in [2.45, 2.75) is 50.7 Å². The van der Waals surface area contributed by atoms with Gasteiger partial charge in [0.1, 0.15) is 0 Å². The Kier molecular flexibility index (Phi) is 3.46. The third-order valence-corrected chi connectivity index (χ3v) is 3.93. The molecule has 0 aromatic carbocycles. The Bertz CT molecular complexity index is 299. The summed E-state index contributed by atoms with van der Waals surface area (Å²) in [5.41, 5.74) is 0.113. The maximum Gasteiger partial charge on any atom is 0.239 e. The number of piperazine rings is 1. The number of likely N-dealkylation sites (N-methyl/N-ethyl adjacent to an activating group) is 1. The van der Waals surface area contributed by atoms with E-state index >= 15 is 0 Å². The molecule has 1 amide bonds. The minimum absolute atomic E-state index is 0.0729. The van der Waals surface area contributed by atoms with Crippen LogP contribution in [-0.4, -0.2) is 60.5 Å². The number of rotatable bonds is 4. The Labute approximate surface area is 104 Å². The summed E-state index contributed by atoms with van der Waals surface area (Å²) in [7, 11) is 3.88. The quantitative estimate of drug-likeness (QED) is 0.783. The van der Waals surface area contributed by atoms with Gasteiger partial charge in [-0.25, -0.2) is 0 Å². The van der Waals surface area contributed by atoms with E-state index < -0.39 is 0 Å². The molecule has 1 aliphatic carbocycles. The van der Waals surface area contributed by atoms with Gasteiger partial charge in [0.15, 0.2) is 0 Å². The van der Waals surface area contributed by atoms with Crippen LogP contribution >= 0.6 is 0 Å². The molecule has 4 heteroatoms. The van der Waals surface area contributed by atoms with Crippen molar-refractivity contribution in [3.63, 3.8) is 0 Å². The van der Waals surface area contributed by atoms with Gasteiger partial charge in [0.2, 0.25) is 5.91 Å². The summed E-state index contributed by atoms with van der Waals surface area (Å²) in [6.45, 7) is 6.28. The predicted molar refractivity (Wildman–Crippen MR) is 68.9 cm³/mol. The Balaban J connectivity index is 2.17. The van der Waals surface area contributed by atoms with Crippen molar-refractivity contribution >= 4 is 5.91 Å². The minimum Gasteiger partial charge on any atom is -0.343 e. The molecule has 1 N–H and O–H groups in total. The molecule has 0 radical (unpaired) electrons. The summed E-state index contributed by atoms with van der Waals surface area (Å²) in [5, 5.41) is 3.16.